The first-order valence-electron chi connectivity index (χ1n) is 10.5. The van der Waals surface area contributed by atoms with Gasteiger partial charge in [0.15, 0.2) is 0 Å². The normalized spacial score (nSPS) is 14.4. The number of piperazine rings is 1. The molecule has 178 valence electrons. The molecule has 0 unspecified atom stereocenters. The molecule has 8 nitrogen and oxygen atoms in total. The third-order valence-corrected chi connectivity index (χ3v) is 6.75. The van der Waals surface area contributed by atoms with Crippen molar-refractivity contribution in [2.45, 2.75) is 17.6 Å². The molecule has 0 bridgehead atoms. The maximum absolute atomic E-state index is 13.1. The van der Waals surface area contributed by atoms with Crippen LogP contribution in [0.2, 0.25) is 0 Å². The molecule has 0 aliphatic carbocycles. The fourth-order valence-corrected chi connectivity index (χ4v) is 4.57. The maximum atomic E-state index is 13.1. The standard InChI is InChI=1S/C23H22F2N4O4S/c1-16-26-20(15-21(27-16)33-17-7-3-2-4-8-17)28-11-13-29(14-12-28)22(30)18-9-5-6-10-19(18)34(31,32)23(24)25/h2-10,15,23H,11-14H2,1H3. The molecule has 4 rings (SSSR count). The van der Waals surface area contributed by atoms with Crippen LogP contribution < -0.4 is 9.64 Å². The summed E-state index contributed by atoms with van der Waals surface area (Å²) in [5.41, 5.74) is -0.257. The number of benzene rings is 2. The van der Waals surface area contributed by atoms with Crippen LogP contribution in [-0.4, -0.2) is 61.1 Å². The summed E-state index contributed by atoms with van der Waals surface area (Å²) >= 11 is 0. The Hall–Kier alpha value is -3.60. The van der Waals surface area contributed by atoms with E-state index in [0.717, 1.165) is 6.07 Å². The number of carbonyl (C=O) groups excluding carboxylic acids is 1. The third-order valence-electron chi connectivity index (χ3n) is 5.32. The fraction of sp³-hybridized carbons (Fsp3) is 0.261. The first kappa shape index (κ1) is 23.6. The van der Waals surface area contributed by atoms with E-state index in [0.29, 0.717) is 36.4 Å². The Balaban J connectivity index is 1.48. The minimum Gasteiger partial charge on any atom is -0.439 e. The lowest BCUT2D eigenvalue weighted by atomic mass is 10.2. The van der Waals surface area contributed by atoms with Crippen LogP contribution in [0.4, 0.5) is 14.6 Å². The number of ether oxygens (including phenoxy) is 1. The maximum Gasteiger partial charge on any atom is 0.341 e. The molecule has 1 saturated heterocycles. The summed E-state index contributed by atoms with van der Waals surface area (Å²) in [6, 6.07) is 16.0. The molecule has 0 radical (unpaired) electrons. The van der Waals surface area contributed by atoms with Crippen LogP contribution in [0.1, 0.15) is 16.2 Å². The molecular weight excluding hydrogens is 466 g/mol. The van der Waals surface area contributed by atoms with Gasteiger partial charge >= 0.3 is 5.76 Å². The number of carbonyl (C=O) groups is 1. The largest absolute Gasteiger partial charge is 0.439 e. The summed E-state index contributed by atoms with van der Waals surface area (Å²) in [7, 11) is -4.90. The van der Waals surface area contributed by atoms with E-state index in [2.05, 4.69) is 9.97 Å². The summed E-state index contributed by atoms with van der Waals surface area (Å²) in [6.45, 7) is 3.11. The number of para-hydroxylation sites is 1. The van der Waals surface area contributed by atoms with Gasteiger partial charge in [0.1, 0.15) is 17.4 Å². The SMILES string of the molecule is Cc1nc(Oc2ccccc2)cc(N2CCN(C(=O)c3ccccc3S(=O)(=O)C(F)F)CC2)n1. The molecule has 0 spiro atoms. The van der Waals surface area contributed by atoms with Crippen molar-refractivity contribution in [2.24, 2.45) is 0 Å². The van der Waals surface area contributed by atoms with Crippen molar-refractivity contribution in [3.8, 4) is 11.6 Å². The van der Waals surface area contributed by atoms with Gasteiger partial charge in [-0.05, 0) is 31.2 Å². The van der Waals surface area contributed by atoms with Gasteiger partial charge in [0.25, 0.3) is 5.91 Å². The summed E-state index contributed by atoms with van der Waals surface area (Å²) in [5, 5.41) is 0. The van der Waals surface area contributed by atoms with Crippen molar-refractivity contribution >= 4 is 21.6 Å². The Bertz CT molecular complexity index is 1280. The minimum absolute atomic E-state index is 0.257. The number of anilines is 1. The zero-order valence-corrected chi connectivity index (χ0v) is 19.1. The van der Waals surface area contributed by atoms with Gasteiger partial charge in [-0.1, -0.05) is 30.3 Å². The van der Waals surface area contributed by atoms with E-state index >= 15 is 0 Å². The molecule has 0 N–H and O–H groups in total. The number of nitrogens with zero attached hydrogens (tertiary/aromatic N) is 4. The van der Waals surface area contributed by atoms with Crippen LogP contribution in [-0.2, 0) is 9.84 Å². The van der Waals surface area contributed by atoms with Crippen molar-refractivity contribution in [1.82, 2.24) is 14.9 Å². The van der Waals surface area contributed by atoms with Crippen molar-refractivity contribution < 1.29 is 26.7 Å². The van der Waals surface area contributed by atoms with Crippen LogP contribution in [0, 0.1) is 6.92 Å². The van der Waals surface area contributed by atoms with E-state index in [-0.39, 0.29) is 18.7 Å². The second kappa shape index (κ2) is 9.72. The number of sulfone groups is 1. The minimum atomic E-state index is -4.90. The molecule has 11 heteroatoms. The topological polar surface area (TPSA) is 92.7 Å². The number of aryl methyl sites for hydroxylation is 1. The Kier molecular flexibility index (Phi) is 6.73. The van der Waals surface area contributed by atoms with Gasteiger partial charge in [-0.2, -0.15) is 13.8 Å². The molecule has 0 atom stereocenters. The van der Waals surface area contributed by atoms with Gasteiger partial charge in [0.2, 0.25) is 15.7 Å². The summed E-state index contributed by atoms with van der Waals surface area (Å²) < 4.78 is 56.0. The predicted molar refractivity (Wildman–Crippen MR) is 121 cm³/mol. The van der Waals surface area contributed by atoms with Crippen LogP contribution in [0.3, 0.4) is 0 Å². The summed E-state index contributed by atoms with van der Waals surface area (Å²) in [5.74, 6) is -2.03. The lowest BCUT2D eigenvalue weighted by Crippen LogP contribution is -2.49. The first-order chi connectivity index (χ1) is 16.3. The van der Waals surface area contributed by atoms with Gasteiger partial charge in [0.05, 0.1) is 10.5 Å². The Morgan fingerprint density at radius 2 is 1.62 bits per heavy atom. The highest BCUT2D eigenvalue weighted by molar-refractivity contribution is 7.91. The molecular formula is C23H22F2N4O4S. The van der Waals surface area contributed by atoms with E-state index < -0.39 is 26.4 Å². The van der Waals surface area contributed by atoms with E-state index in [1.54, 1.807) is 13.0 Å². The van der Waals surface area contributed by atoms with Crippen molar-refractivity contribution in [2.75, 3.05) is 31.1 Å². The molecule has 1 aliphatic rings. The summed E-state index contributed by atoms with van der Waals surface area (Å²) in [6.07, 6.45) is 0. The van der Waals surface area contributed by atoms with Crippen LogP contribution >= 0.6 is 0 Å². The van der Waals surface area contributed by atoms with Crippen LogP contribution in [0.5, 0.6) is 11.6 Å². The molecule has 34 heavy (non-hydrogen) atoms. The highest BCUT2D eigenvalue weighted by atomic mass is 32.2. The Morgan fingerprint density at radius 3 is 2.29 bits per heavy atom. The van der Waals surface area contributed by atoms with E-state index in [9.17, 15) is 22.0 Å². The molecule has 1 amide bonds. The molecule has 2 aromatic carbocycles. The molecule has 1 fully saturated rings. The first-order valence-corrected chi connectivity index (χ1v) is 12.0. The van der Waals surface area contributed by atoms with E-state index in [4.69, 9.17) is 4.74 Å². The van der Waals surface area contributed by atoms with Gasteiger partial charge < -0.3 is 14.5 Å². The zero-order valence-electron chi connectivity index (χ0n) is 18.3. The number of aromatic nitrogens is 2. The zero-order chi connectivity index (χ0) is 24.3. The second-order valence-electron chi connectivity index (χ2n) is 7.61. The van der Waals surface area contributed by atoms with Gasteiger partial charge in [-0.25, -0.2) is 13.4 Å². The number of alkyl halides is 2. The van der Waals surface area contributed by atoms with Gasteiger partial charge in [0, 0.05) is 32.2 Å². The average molecular weight is 489 g/mol. The van der Waals surface area contributed by atoms with Crippen LogP contribution in [0.25, 0.3) is 0 Å². The Morgan fingerprint density at radius 1 is 0.971 bits per heavy atom. The highest BCUT2D eigenvalue weighted by Gasteiger charge is 2.33. The number of halogens is 2. The molecule has 1 aromatic heterocycles. The lowest BCUT2D eigenvalue weighted by Gasteiger charge is -2.35. The fourth-order valence-electron chi connectivity index (χ4n) is 3.65. The van der Waals surface area contributed by atoms with Crippen LogP contribution in [0.15, 0.2) is 65.6 Å². The van der Waals surface area contributed by atoms with Crippen molar-refractivity contribution in [3.05, 3.63) is 72.1 Å². The average Bonchev–Trinajstić information content (AvgIpc) is 2.84. The smallest absolute Gasteiger partial charge is 0.341 e. The quantitative estimate of drug-likeness (QED) is 0.524. The van der Waals surface area contributed by atoms with Crippen molar-refractivity contribution in [1.29, 1.82) is 0 Å². The second-order valence-corrected chi connectivity index (χ2v) is 9.49. The third kappa shape index (κ3) is 4.98. The van der Waals surface area contributed by atoms with E-state index in [1.807, 2.05) is 35.2 Å². The van der Waals surface area contributed by atoms with E-state index in [1.165, 1.54) is 23.1 Å². The number of amides is 1. The summed E-state index contributed by atoms with van der Waals surface area (Å²) in [4.78, 5) is 24.5. The van der Waals surface area contributed by atoms with Crippen molar-refractivity contribution in [3.63, 3.8) is 0 Å². The van der Waals surface area contributed by atoms with Gasteiger partial charge in [-0.3, -0.25) is 4.79 Å². The van der Waals surface area contributed by atoms with Gasteiger partial charge in [-0.15, -0.1) is 0 Å². The number of rotatable bonds is 6. The molecule has 2 heterocycles. The highest BCUT2D eigenvalue weighted by Crippen LogP contribution is 2.26. The monoisotopic (exact) mass is 488 g/mol. The lowest BCUT2D eigenvalue weighted by molar-refractivity contribution is 0.0742. The molecule has 3 aromatic rings. The Labute approximate surface area is 195 Å². The number of hydrogen-bond donors (Lipinski definition) is 0. The number of hydrogen-bond acceptors (Lipinski definition) is 7. The predicted octanol–water partition coefficient (Wildman–Crippen LogP) is 3.54. The molecule has 1 aliphatic heterocycles. The molecule has 0 saturated carbocycles.